The molecule has 1 unspecified atom stereocenters. The van der Waals surface area contributed by atoms with Crippen molar-refractivity contribution in [1.82, 2.24) is 25.0 Å². The lowest BCUT2D eigenvalue weighted by atomic mass is 10.2. The molecule has 1 amide bonds. The molecule has 154 valence electrons. The third-order valence-electron chi connectivity index (χ3n) is 3.54. The van der Waals surface area contributed by atoms with Crippen molar-refractivity contribution in [3.63, 3.8) is 0 Å². The van der Waals surface area contributed by atoms with Crippen molar-refractivity contribution in [3.8, 4) is 0 Å². The molecule has 0 aliphatic carbocycles. The van der Waals surface area contributed by atoms with Crippen LogP contribution in [0.25, 0.3) is 0 Å². The average Bonchev–Trinajstić information content (AvgIpc) is 3.12. The van der Waals surface area contributed by atoms with Crippen LogP contribution in [0.4, 0.5) is 26.3 Å². The van der Waals surface area contributed by atoms with Crippen LogP contribution >= 0.6 is 0 Å². The minimum absolute atomic E-state index is 0.0925. The predicted molar refractivity (Wildman–Crippen MR) is 85.1 cm³/mol. The lowest BCUT2D eigenvalue weighted by molar-refractivity contribution is -0.143. The molecule has 2 heterocycles. The van der Waals surface area contributed by atoms with E-state index in [4.69, 9.17) is 0 Å². The van der Waals surface area contributed by atoms with Crippen LogP contribution in [0.2, 0.25) is 0 Å². The standard InChI is InChI=1S/C15H16F6N6O/c1-9(7-27-10(2)5-12(25-27)15(19,20)21)13(28)23-22-6-11-3-4-26(24-11)8-14(16,17)18/h3-6,9H,7-8H2,1-2H3,(H,23,28). The molecular formula is C15H16F6N6O. The van der Waals surface area contributed by atoms with Gasteiger partial charge in [-0.05, 0) is 19.1 Å². The number of nitrogens with zero attached hydrogens (tertiary/aromatic N) is 5. The molecule has 0 saturated carbocycles. The highest BCUT2D eigenvalue weighted by Crippen LogP contribution is 2.28. The number of halogens is 6. The Kier molecular flexibility index (Phi) is 6.14. The number of nitrogens with one attached hydrogen (secondary N) is 1. The molecular weight excluding hydrogens is 394 g/mol. The van der Waals surface area contributed by atoms with Crippen LogP contribution in [0.3, 0.4) is 0 Å². The van der Waals surface area contributed by atoms with E-state index in [2.05, 4.69) is 20.7 Å². The first-order chi connectivity index (χ1) is 12.8. The molecule has 0 fully saturated rings. The van der Waals surface area contributed by atoms with Crippen LogP contribution in [0, 0.1) is 12.8 Å². The van der Waals surface area contributed by atoms with Gasteiger partial charge in [0, 0.05) is 11.9 Å². The van der Waals surface area contributed by atoms with Crippen LogP contribution in [0.15, 0.2) is 23.4 Å². The number of carbonyl (C=O) groups excluding carboxylic acids is 1. The summed E-state index contributed by atoms with van der Waals surface area (Å²) in [5.41, 5.74) is 1.44. The van der Waals surface area contributed by atoms with E-state index in [9.17, 15) is 31.1 Å². The summed E-state index contributed by atoms with van der Waals surface area (Å²) < 4.78 is 76.4. The van der Waals surface area contributed by atoms with E-state index in [1.807, 2.05) is 0 Å². The maximum atomic E-state index is 12.7. The Morgan fingerprint density at radius 3 is 2.54 bits per heavy atom. The Morgan fingerprint density at radius 2 is 1.96 bits per heavy atom. The molecule has 0 aliphatic rings. The number of alkyl halides is 6. The minimum atomic E-state index is -4.58. The van der Waals surface area contributed by atoms with Gasteiger partial charge in [0.25, 0.3) is 0 Å². The average molecular weight is 410 g/mol. The molecule has 1 N–H and O–H groups in total. The van der Waals surface area contributed by atoms with Crippen molar-refractivity contribution in [3.05, 3.63) is 35.4 Å². The molecule has 0 bridgehead atoms. The Bertz CT molecular complexity index is 850. The smallest absolute Gasteiger partial charge is 0.273 e. The van der Waals surface area contributed by atoms with Crippen LogP contribution in [-0.4, -0.2) is 37.9 Å². The van der Waals surface area contributed by atoms with Gasteiger partial charge in [0.2, 0.25) is 5.91 Å². The number of aryl methyl sites for hydroxylation is 1. The first kappa shape index (κ1) is 21.4. The largest absolute Gasteiger partial charge is 0.435 e. The summed E-state index contributed by atoms with van der Waals surface area (Å²) >= 11 is 0. The third-order valence-corrected chi connectivity index (χ3v) is 3.54. The van der Waals surface area contributed by atoms with Gasteiger partial charge in [0.05, 0.1) is 18.7 Å². The lowest BCUT2D eigenvalue weighted by Crippen LogP contribution is -2.28. The Labute approximate surface area is 155 Å². The van der Waals surface area contributed by atoms with Crippen LogP contribution in [-0.2, 0) is 24.1 Å². The van der Waals surface area contributed by atoms with Crippen molar-refractivity contribution >= 4 is 12.1 Å². The van der Waals surface area contributed by atoms with Gasteiger partial charge in [-0.15, -0.1) is 0 Å². The quantitative estimate of drug-likeness (QED) is 0.452. The summed E-state index contributed by atoms with van der Waals surface area (Å²) in [5, 5.41) is 10.6. The monoisotopic (exact) mass is 410 g/mol. The van der Waals surface area contributed by atoms with Gasteiger partial charge in [-0.25, -0.2) is 5.43 Å². The van der Waals surface area contributed by atoms with Gasteiger partial charge in [0.15, 0.2) is 5.69 Å². The number of aromatic nitrogens is 4. The first-order valence-electron chi connectivity index (χ1n) is 7.90. The second kappa shape index (κ2) is 8.02. The predicted octanol–water partition coefficient (Wildman–Crippen LogP) is 2.76. The van der Waals surface area contributed by atoms with E-state index in [1.54, 1.807) is 0 Å². The number of hydrogen-bond donors (Lipinski definition) is 1. The number of rotatable bonds is 6. The van der Waals surface area contributed by atoms with Gasteiger partial charge in [0.1, 0.15) is 12.2 Å². The zero-order chi connectivity index (χ0) is 21.1. The zero-order valence-corrected chi connectivity index (χ0v) is 14.7. The van der Waals surface area contributed by atoms with E-state index in [-0.39, 0.29) is 17.9 Å². The van der Waals surface area contributed by atoms with E-state index < -0.39 is 36.4 Å². The molecule has 28 heavy (non-hydrogen) atoms. The molecule has 13 heteroatoms. The molecule has 0 aliphatic heterocycles. The number of hydrazone groups is 1. The molecule has 0 spiro atoms. The molecule has 0 radical (unpaired) electrons. The summed E-state index contributed by atoms with van der Waals surface area (Å²) in [6.45, 7) is 1.54. The second-order valence-corrected chi connectivity index (χ2v) is 6.04. The zero-order valence-electron chi connectivity index (χ0n) is 14.7. The van der Waals surface area contributed by atoms with Gasteiger partial charge in [-0.3, -0.25) is 14.2 Å². The van der Waals surface area contributed by atoms with Gasteiger partial charge < -0.3 is 0 Å². The van der Waals surface area contributed by atoms with E-state index in [0.717, 1.165) is 23.2 Å². The SMILES string of the molecule is Cc1cc(C(F)(F)F)nn1CC(C)C(=O)NN=Cc1ccn(CC(F)(F)F)n1. The summed E-state index contributed by atoms with van der Waals surface area (Å²) in [6, 6.07) is 2.15. The van der Waals surface area contributed by atoms with E-state index in [0.29, 0.717) is 4.68 Å². The highest BCUT2D eigenvalue weighted by molar-refractivity contribution is 5.81. The normalized spacial score (nSPS) is 13.9. The Balaban J connectivity index is 1.91. The highest BCUT2D eigenvalue weighted by atomic mass is 19.4. The molecule has 2 aromatic heterocycles. The van der Waals surface area contributed by atoms with Gasteiger partial charge in [-0.2, -0.15) is 41.6 Å². The van der Waals surface area contributed by atoms with Crippen LogP contribution < -0.4 is 5.43 Å². The van der Waals surface area contributed by atoms with Crippen molar-refractivity contribution in [2.75, 3.05) is 0 Å². The highest BCUT2D eigenvalue weighted by Gasteiger charge is 2.34. The second-order valence-electron chi connectivity index (χ2n) is 6.04. The van der Waals surface area contributed by atoms with Crippen LogP contribution in [0.1, 0.15) is 24.0 Å². The Hall–Kier alpha value is -2.86. The molecule has 0 aromatic carbocycles. The van der Waals surface area contributed by atoms with Crippen molar-refractivity contribution in [2.24, 2.45) is 11.0 Å². The number of amides is 1. The van der Waals surface area contributed by atoms with Crippen LogP contribution in [0.5, 0.6) is 0 Å². The van der Waals surface area contributed by atoms with E-state index >= 15 is 0 Å². The third kappa shape index (κ3) is 6.09. The molecule has 0 saturated heterocycles. The maximum Gasteiger partial charge on any atom is 0.435 e. The van der Waals surface area contributed by atoms with Crippen molar-refractivity contribution in [2.45, 2.75) is 39.3 Å². The lowest BCUT2D eigenvalue weighted by Gasteiger charge is -2.11. The summed E-state index contributed by atoms with van der Waals surface area (Å²) in [5.74, 6) is -1.37. The fourth-order valence-corrected chi connectivity index (χ4v) is 2.17. The number of hydrogen-bond acceptors (Lipinski definition) is 4. The molecule has 1 atom stereocenters. The fourth-order valence-electron chi connectivity index (χ4n) is 2.17. The fraction of sp³-hybridized carbons (Fsp3) is 0.467. The maximum absolute atomic E-state index is 12.7. The molecule has 7 nitrogen and oxygen atoms in total. The minimum Gasteiger partial charge on any atom is -0.273 e. The Morgan fingerprint density at radius 1 is 1.29 bits per heavy atom. The summed E-state index contributed by atoms with van der Waals surface area (Å²) in [7, 11) is 0. The number of carbonyl (C=O) groups is 1. The van der Waals surface area contributed by atoms with E-state index in [1.165, 1.54) is 19.9 Å². The van der Waals surface area contributed by atoms with Gasteiger partial charge in [-0.1, -0.05) is 6.92 Å². The molecule has 2 aromatic rings. The summed E-state index contributed by atoms with van der Waals surface area (Å²) in [4.78, 5) is 12.0. The first-order valence-corrected chi connectivity index (χ1v) is 7.90. The van der Waals surface area contributed by atoms with Gasteiger partial charge >= 0.3 is 12.4 Å². The summed E-state index contributed by atoms with van der Waals surface area (Å²) in [6.07, 6.45) is -6.83. The van der Waals surface area contributed by atoms with Crippen molar-refractivity contribution < 1.29 is 31.1 Å². The van der Waals surface area contributed by atoms with Crippen molar-refractivity contribution in [1.29, 1.82) is 0 Å². The topological polar surface area (TPSA) is 77.1 Å². The molecule has 2 rings (SSSR count).